The van der Waals surface area contributed by atoms with Crippen LogP contribution in [0.4, 0.5) is 0 Å². The first kappa shape index (κ1) is 12.3. The van der Waals surface area contributed by atoms with Gasteiger partial charge in [-0.05, 0) is 50.2 Å². The van der Waals surface area contributed by atoms with E-state index in [0.29, 0.717) is 11.1 Å². The summed E-state index contributed by atoms with van der Waals surface area (Å²) in [5.74, 6) is 0.730. The van der Waals surface area contributed by atoms with Crippen LogP contribution in [0.5, 0.6) is 5.75 Å². The van der Waals surface area contributed by atoms with Crippen molar-refractivity contribution in [3.63, 3.8) is 0 Å². The number of benzene rings is 1. The predicted octanol–water partition coefficient (Wildman–Crippen LogP) is 2.94. The quantitative estimate of drug-likeness (QED) is 0.775. The number of nitrogens with zero attached hydrogens (tertiary/aromatic N) is 1. The Morgan fingerprint density at radius 3 is 2.28 bits per heavy atom. The molecule has 3 nitrogen and oxygen atoms in total. The standard InChI is InChI=1S/C15H15NO2/c1-10-4-9-14(11(2)16-10)15(17)12-5-7-13(18-3)8-6-12/h4-9H,1-3H3. The number of aryl methyl sites for hydroxylation is 2. The second kappa shape index (κ2) is 5.00. The van der Waals surface area contributed by atoms with E-state index in [9.17, 15) is 4.79 Å². The summed E-state index contributed by atoms with van der Waals surface area (Å²) in [5.41, 5.74) is 2.96. The van der Waals surface area contributed by atoms with Crippen LogP contribution in [0.3, 0.4) is 0 Å². The van der Waals surface area contributed by atoms with E-state index in [-0.39, 0.29) is 5.78 Å². The Morgan fingerprint density at radius 1 is 1.06 bits per heavy atom. The van der Waals surface area contributed by atoms with Gasteiger partial charge >= 0.3 is 0 Å². The molecule has 2 aromatic rings. The van der Waals surface area contributed by atoms with Crippen LogP contribution < -0.4 is 4.74 Å². The molecule has 3 heteroatoms. The van der Waals surface area contributed by atoms with Crippen molar-refractivity contribution in [3.05, 3.63) is 58.9 Å². The summed E-state index contributed by atoms with van der Waals surface area (Å²) in [4.78, 5) is 16.6. The minimum absolute atomic E-state index is 0.0114. The molecule has 1 aromatic heterocycles. The van der Waals surface area contributed by atoms with E-state index in [1.807, 2.05) is 26.0 Å². The lowest BCUT2D eigenvalue weighted by atomic mass is 10.0. The molecule has 0 unspecified atom stereocenters. The van der Waals surface area contributed by atoms with Crippen molar-refractivity contribution >= 4 is 5.78 Å². The first-order valence-electron chi connectivity index (χ1n) is 5.75. The van der Waals surface area contributed by atoms with Crippen molar-refractivity contribution < 1.29 is 9.53 Å². The lowest BCUT2D eigenvalue weighted by Crippen LogP contribution is -2.05. The molecule has 0 bridgehead atoms. The highest BCUT2D eigenvalue weighted by atomic mass is 16.5. The van der Waals surface area contributed by atoms with E-state index >= 15 is 0 Å². The highest BCUT2D eigenvalue weighted by molar-refractivity contribution is 6.09. The fraction of sp³-hybridized carbons (Fsp3) is 0.200. The predicted molar refractivity (Wildman–Crippen MR) is 70.1 cm³/mol. The molecule has 0 aliphatic heterocycles. The number of aromatic nitrogens is 1. The maximum absolute atomic E-state index is 12.3. The third-order valence-electron chi connectivity index (χ3n) is 2.82. The second-order valence-corrected chi connectivity index (χ2v) is 4.14. The Morgan fingerprint density at radius 2 is 1.72 bits per heavy atom. The molecule has 0 aliphatic carbocycles. The van der Waals surface area contributed by atoms with Crippen LogP contribution in [0.1, 0.15) is 27.3 Å². The van der Waals surface area contributed by atoms with Gasteiger partial charge in [-0.15, -0.1) is 0 Å². The Bertz CT molecular complexity index is 574. The fourth-order valence-electron chi connectivity index (χ4n) is 1.82. The van der Waals surface area contributed by atoms with Crippen molar-refractivity contribution in [2.45, 2.75) is 13.8 Å². The molecule has 0 saturated carbocycles. The number of ketones is 1. The van der Waals surface area contributed by atoms with Gasteiger partial charge in [-0.1, -0.05) is 0 Å². The van der Waals surface area contributed by atoms with E-state index in [1.54, 1.807) is 31.4 Å². The molecule has 1 heterocycles. The molecule has 18 heavy (non-hydrogen) atoms. The molecule has 0 radical (unpaired) electrons. The Labute approximate surface area is 106 Å². The molecule has 1 aromatic carbocycles. The van der Waals surface area contributed by atoms with E-state index in [0.717, 1.165) is 17.1 Å². The zero-order valence-corrected chi connectivity index (χ0v) is 10.7. The van der Waals surface area contributed by atoms with E-state index in [1.165, 1.54) is 0 Å². The molecule has 0 aliphatic rings. The summed E-state index contributed by atoms with van der Waals surface area (Å²) in [5, 5.41) is 0. The fourth-order valence-corrected chi connectivity index (χ4v) is 1.82. The molecule has 0 N–H and O–H groups in total. The summed E-state index contributed by atoms with van der Waals surface area (Å²) >= 11 is 0. The molecule has 0 atom stereocenters. The van der Waals surface area contributed by atoms with Crippen LogP contribution in [-0.4, -0.2) is 17.9 Å². The molecule has 0 fully saturated rings. The summed E-state index contributed by atoms with van der Waals surface area (Å²) in [7, 11) is 1.60. The third-order valence-corrected chi connectivity index (χ3v) is 2.82. The molecule has 2 rings (SSSR count). The van der Waals surface area contributed by atoms with E-state index in [4.69, 9.17) is 4.74 Å². The van der Waals surface area contributed by atoms with Gasteiger partial charge in [0.2, 0.25) is 0 Å². The number of methoxy groups -OCH3 is 1. The largest absolute Gasteiger partial charge is 0.497 e. The van der Waals surface area contributed by atoms with Crippen LogP contribution in [0.25, 0.3) is 0 Å². The van der Waals surface area contributed by atoms with Crippen molar-refractivity contribution in [1.82, 2.24) is 4.98 Å². The average molecular weight is 241 g/mol. The highest BCUT2D eigenvalue weighted by Crippen LogP contribution is 2.16. The molecule has 92 valence electrons. The Balaban J connectivity index is 2.35. The van der Waals surface area contributed by atoms with Gasteiger partial charge in [-0.2, -0.15) is 0 Å². The molecular formula is C15H15NO2. The van der Waals surface area contributed by atoms with Crippen LogP contribution in [0.15, 0.2) is 36.4 Å². The number of rotatable bonds is 3. The van der Waals surface area contributed by atoms with Crippen molar-refractivity contribution in [3.8, 4) is 5.75 Å². The second-order valence-electron chi connectivity index (χ2n) is 4.14. The summed E-state index contributed by atoms with van der Waals surface area (Å²) in [6.45, 7) is 3.76. The molecule has 0 spiro atoms. The molecule has 0 amide bonds. The van der Waals surface area contributed by atoms with Crippen LogP contribution in [0, 0.1) is 13.8 Å². The van der Waals surface area contributed by atoms with Crippen LogP contribution in [0.2, 0.25) is 0 Å². The lowest BCUT2D eigenvalue weighted by molar-refractivity contribution is 0.103. The maximum atomic E-state index is 12.3. The van der Waals surface area contributed by atoms with Crippen LogP contribution in [-0.2, 0) is 0 Å². The van der Waals surface area contributed by atoms with Crippen molar-refractivity contribution in [1.29, 1.82) is 0 Å². The number of hydrogen-bond donors (Lipinski definition) is 0. The molecule has 0 saturated heterocycles. The zero-order valence-electron chi connectivity index (χ0n) is 10.7. The first-order chi connectivity index (χ1) is 8.61. The number of pyridine rings is 1. The van der Waals surface area contributed by atoms with Gasteiger partial charge in [0.1, 0.15) is 5.75 Å². The first-order valence-corrected chi connectivity index (χ1v) is 5.75. The van der Waals surface area contributed by atoms with Gasteiger partial charge in [0.25, 0.3) is 0 Å². The van der Waals surface area contributed by atoms with Crippen LogP contribution >= 0.6 is 0 Å². The summed E-state index contributed by atoms with van der Waals surface area (Å²) < 4.78 is 5.07. The van der Waals surface area contributed by atoms with Gasteiger partial charge in [0.15, 0.2) is 5.78 Å². The van der Waals surface area contributed by atoms with Gasteiger partial charge in [0, 0.05) is 22.5 Å². The van der Waals surface area contributed by atoms with Crippen molar-refractivity contribution in [2.24, 2.45) is 0 Å². The highest BCUT2D eigenvalue weighted by Gasteiger charge is 2.12. The lowest BCUT2D eigenvalue weighted by Gasteiger charge is -2.06. The number of carbonyl (C=O) groups is 1. The normalized spacial score (nSPS) is 10.2. The smallest absolute Gasteiger partial charge is 0.194 e. The molecular weight excluding hydrogens is 226 g/mol. The third kappa shape index (κ3) is 2.40. The number of carbonyl (C=O) groups excluding carboxylic acids is 1. The number of hydrogen-bond acceptors (Lipinski definition) is 3. The van der Waals surface area contributed by atoms with Gasteiger partial charge < -0.3 is 4.74 Å². The number of ether oxygens (including phenoxy) is 1. The topological polar surface area (TPSA) is 39.2 Å². The summed E-state index contributed by atoms with van der Waals surface area (Å²) in [6, 6.07) is 10.8. The van der Waals surface area contributed by atoms with E-state index < -0.39 is 0 Å². The van der Waals surface area contributed by atoms with Gasteiger partial charge in [-0.3, -0.25) is 9.78 Å². The van der Waals surface area contributed by atoms with Crippen molar-refractivity contribution in [2.75, 3.05) is 7.11 Å². The van der Waals surface area contributed by atoms with E-state index in [2.05, 4.69) is 4.98 Å². The SMILES string of the molecule is COc1ccc(C(=O)c2ccc(C)nc2C)cc1. The Kier molecular flexibility index (Phi) is 3.42. The van der Waals surface area contributed by atoms with Gasteiger partial charge in [0.05, 0.1) is 7.11 Å². The van der Waals surface area contributed by atoms with Gasteiger partial charge in [-0.25, -0.2) is 0 Å². The minimum atomic E-state index is -0.0114. The Hall–Kier alpha value is -2.16. The minimum Gasteiger partial charge on any atom is -0.497 e. The zero-order chi connectivity index (χ0) is 13.1. The maximum Gasteiger partial charge on any atom is 0.194 e. The monoisotopic (exact) mass is 241 g/mol. The summed E-state index contributed by atoms with van der Waals surface area (Å²) in [6.07, 6.45) is 0. The average Bonchev–Trinajstić information content (AvgIpc) is 2.38.